The van der Waals surface area contributed by atoms with Gasteiger partial charge in [0.15, 0.2) is 0 Å². The van der Waals surface area contributed by atoms with E-state index in [1.165, 1.54) is 42.5 Å². The number of anilines is 2. The number of halogens is 3. The largest absolute Gasteiger partial charge is 0.493 e. The summed E-state index contributed by atoms with van der Waals surface area (Å²) < 4.78 is 39.5. The molecule has 120 valence electrons. The lowest BCUT2D eigenvalue weighted by atomic mass is 10.2. The van der Waals surface area contributed by atoms with Gasteiger partial charge in [-0.2, -0.15) is 0 Å². The van der Waals surface area contributed by atoms with E-state index in [2.05, 4.69) is 0 Å². The molecule has 2 aromatic carbocycles. The van der Waals surface area contributed by atoms with Crippen molar-refractivity contribution in [2.75, 3.05) is 10.2 Å². The Kier molecular flexibility index (Phi) is 4.54. The summed E-state index contributed by atoms with van der Waals surface area (Å²) in [5.41, 5.74) is -0.920. The molecule has 0 aromatic heterocycles. The molecule has 2 rings (SSSR count). The van der Waals surface area contributed by atoms with Gasteiger partial charge in [-0.15, -0.1) is 13.2 Å². The number of benzene rings is 2. The second kappa shape index (κ2) is 6.39. The van der Waals surface area contributed by atoms with Crippen LogP contribution in [0.15, 0.2) is 54.6 Å². The van der Waals surface area contributed by atoms with Gasteiger partial charge < -0.3 is 10.4 Å². The third-order valence-electron chi connectivity index (χ3n) is 2.87. The van der Waals surface area contributed by atoms with Crippen LogP contribution in [-0.2, 0) is 0 Å². The van der Waals surface area contributed by atoms with Crippen molar-refractivity contribution in [1.29, 1.82) is 0 Å². The third kappa shape index (κ3) is 3.79. The number of amides is 2. The van der Waals surface area contributed by atoms with E-state index < -0.39 is 23.2 Å². The summed E-state index contributed by atoms with van der Waals surface area (Å²) in [6.07, 6.45) is -4.97. The van der Waals surface area contributed by atoms with Gasteiger partial charge in [0, 0.05) is 0 Å². The number of rotatable bonds is 3. The molecule has 0 aliphatic heterocycles. The predicted octanol–water partition coefficient (Wildman–Crippen LogP) is 3.94. The van der Waals surface area contributed by atoms with E-state index in [1.807, 2.05) is 5.32 Å². The average molecular weight is 324 g/mol. The Labute approximate surface area is 129 Å². The molecule has 23 heavy (non-hydrogen) atoms. The molecule has 0 aliphatic carbocycles. The molecule has 0 saturated heterocycles. The number of carboxylic acids is 1. The Morgan fingerprint density at radius 1 is 0.957 bits per heavy atom. The van der Waals surface area contributed by atoms with Gasteiger partial charge in [0.2, 0.25) is 0 Å². The number of aromatic carboxylic acids is 1. The number of nitrogens with zero attached hydrogens (tertiary/aromatic N) is 1. The Balaban J connectivity index is 2.35. The van der Waals surface area contributed by atoms with E-state index >= 15 is 0 Å². The zero-order chi connectivity index (χ0) is 17.0. The van der Waals surface area contributed by atoms with Crippen LogP contribution in [0, 0.1) is 0 Å². The van der Waals surface area contributed by atoms with Crippen LogP contribution >= 0.6 is 0 Å². The van der Waals surface area contributed by atoms with Crippen LogP contribution in [0.1, 0.15) is 10.4 Å². The van der Waals surface area contributed by atoms with Gasteiger partial charge in [-0.1, -0.05) is 30.3 Å². The van der Waals surface area contributed by atoms with Gasteiger partial charge >= 0.3 is 18.3 Å². The van der Waals surface area contributed by atoms with Gasteiger partial charge in [-0.05, 0) is 24.3 Å². The molecule has 2 N–H and O–H groups in total. The number of carbonyl (C=O) groups excluding carboxylic acids is 1. The molecule has 0 aliphatic rings. The van der Waals surface area contributed by atoms with E-state index in [0.29, 0.717) is 0 Å². The van der Waals surface area contributed by atoms with Crippen LogP contribution in [0.3, 0.4) is 0 Å². The second-order valence-electron chi connectivity index (χ2n) is 4.42. The van der Waals surface area contributed by atoms with Crippen LogP contribution in [0.25, 0.3) is 0 Å². The number of nitrogens with one attached hydrogen (secondary N) is 1. The fourth-order valence-electron chi connectivity index (χ4n) is 1.91. The summed E-state index contributed by atoms with van der Waals surface area (Å²) in [4.78, 5) is 22.7. The highest BCUT2D eigenvalue weighted by atomic mass is 19.4. The smallest absolute Gasteiger partial charge is 0.478 e. The van der Waals surface area contributed by atoms with E-state index in [9.17, 15) is 22.8 Å². The van der Waals surface area contributed by atoms with Crippen molar-refractivity contribution in [3.63, 3.8) is 0 Å². The molecule has 0 radical (unpaired) electrons. The molecule has 0 saturated carbocycles. The van der Waals surface area contributed by atoms with Crippen LogP contribution < -0.4 is 10.2 Å². The molecule has 2 aromatic rings. The fraction of sp³-hybridized carbons (Fsp3) is 0.0667. The Morgan fingerprint density at radius 3 is 2.09 bits per heavy atom. The molecule has 8 heteroatoms. The lowest BCUT2D eigenvalue weighted by Gasteiger charge is -2.25. The van der Waals surface area contributed by atoms with Crippen molar-refractivity contribution in [2.45, 2.75) is 6.30 Å². The molecular weight excluding hydrogens is 313 g/mol. The van der Waals surface area contributed by atoms with Gasteiger partial charge in [0.1, 0.15) is 0 Å². The van der Waals surface area contributed by atoms with E-state index in [1.54, 1.807) is 0 Å². The topological polar surface area (TPSA) is 69.6 Å². The second-order valence-corrected chi connectivity index (χ2v) is 4.42. The quantitative estimate of drug-likeness (QED) is 0.840. The van der Waals surface area contributed by atoms with Crippen molar-refractivity contribution < 1.29 is 27.9 Å². The maximum absolute atomic E-state index is 13.2. The summed E-state index contributed by atoms with van der Waals surface area (Å²) >= 11 is 0. The Bertz CT molecular complexity index is 717. The number of hydrogen-bond donors (Lipinski definition) is 2. The van der Waals surface area contributed by atoms with Gasteiger partial charge in [0.25, 0.3) is 0 Å². The minimum Gasteiger partial charge on any atom is -0.478 e. The van der Waals surface area contributed by atoms with Crippen molar-refractivity contribution in [1.82, 2.24) is 0 Å². The minimum absolute atomic E-state index is 0.227. The summed E-state index contributed by atoms with van der Waals surface area (Å²) in [7, 11) is 0. The molecule has 0 fully saturated rings. The van der Waals surface area contributed by atoms with Gasteiger partial charge in [-0.3, -0.25) is 0 Å². The molecular formula is C15H11F3N2O3. The zero-order valence-corrected chi connectivity index (χ0v) is 11.5. The summed E-state index contributed by atoms with van der Waals surface area (Å²) in [5.74, 6) is -1.36. The highest BCUT2D eigenvalue weighted by Gasteiger charge is 2.42. The SMILES string of the molecule is O=C(O)c1ccccc1NC(=O)N(c1ccccc1)C(F)(F)F. The molecule has 2 amide bonds. The molecule has 0 heterocycles. The maximum atomic E-state index is 13.2. The number of hydrogen-bond acceptors (Lipinski definition) is 2. The molecule has 0 spiro atoms. The summed E-state index contributed by atoms with van der Waals surface area (Å²) in [6, 6.07) is 10.2. The number of alkyl halides is 3. The van der Waals surface area contributed by atoms with E-state index in [4.69, 9.17) is 5.11 Å². The minimum atomic E-state index is -4.97. The first-order valence-electron chi connectivity index (χ1n) is 6.36. The normalized spacial score (nSPS) is 10.9. The third-order valence-corrected chi connectivity index (χ3v) is 2.87. The number of urea groups is 1. The first-order chi connectivity index (χ1) is 10.8. The van der Waals surface area contributed by atoms with Crippen LogP contribution in [-0.4, -0.2) is 23.4 Å². The first-order valence-corrected chi connectivity index (χ1v) is 6.36. The first kappa shape index (κ1) is 16.3. The zero-order valence-electron chi connectivity index (χ0n) is 11.5. The maximum Gasteiger partial charge on any atom is 0.493 e. The molecule has 0 bridgehead atoms. The number of para-hydroxylation sites is 2. The lowest BCUT2D eigenvalue weighted by molar-refractivity contribution is -0.120. The van der Waals surface area contributed by atoms with Crippen molar-refractivity contribution in [3.8, 4) is 0 Å². The van der Waals surface area contributed by atoms with Gasteiger partial charge in [-0.25, -0.2) is 14.5 Å². The van der Waals surface area contributed by atoms with E-state index in [0.717, 1.165) is 12.1 Å². The van der Waals surface area contributed by atoms with Crippen LogP contribution in [0.2, 0.25) is 0 Å². The summed E-state index contributed by atoms with van der Waals surface area (Å²) in [5, 5.41) is 11.0. The van der Waals surface area contributed by atoms with Gasteiger partial charge in [0.05, 0.1) is 16.9 Å². The van der Waals surface area contributed by atoms with Crippen LogP contribution in [0.5, 0.6) is 0 Å². The number of carbonyl (C=O) groups is 2. The van der Waals surface area contributed by atoms with Crippen LogP contribution in [0.4, 0.5) is 29.3 Å². The Hall–Kier alpha value is -3.03. The number of carboxylic acid groups (broad SMARTS) is 1. The standard InChI is InChI=1S/C15H11F3N2O3/c16-15(17,18)20(10-6-2-1-3-7-10)14(23)19-12-9-5-4-8-11(12)13(21)22/h1-9H,(H,19,23)(H,21,22). The molecule has 0 unspecified atom stereocenters. The van der Waals surface area contributed by atoms with Crippen molar-refractivity contribution in [3.05, 3.63) is 60.2 Å². The predicted molar refractivity (Wildman–Crippen MR) is 77.4 cm³/mol. The lowest BCUT2D eigenvalue weighted by Crippen LogP contribution is -2.45. The highest BCUT2D eigenvalue weighted by molar-refractivity contribution is 6.06. The summed E-state index contributed by atoms with van der Waals surface area (Å²) in [6.45, 7) is 0. The van der Waals surface area contributed by atoms with E-state index in [-0.39, 0.29) is 16.9 Å². The van der Waals surface area contributed by atoms with Crippen molar-refractivity contribution >= 4 is 23.4 Å². The highest BCUT2D eigenvalue weighted by Crippen LogP contribution is 2.29. The average Bonchev–Trinajstić information content (AvgIpc) is 2.47. The molecule has 5 nitrogen and oxygen atoms in total. The monoisotopic (exact) mass is 324 g/mol. The fourth-order valence-corrected chi connectivity index (χ4v) is 1.91. The Morgan fingerprint density at radius 2 is 1.52 bits per heavy atom. The molecule has 0 atom stereocenters. The van der Waals surface area contributed by atoms with Crippen molar-refractivity contribution in [2.24, 2.45) is 0 Å².